The zero-order valence-electron chi connectivity index (χ0n) is 10.9. The number of hydrogen-bond acceptors (Lipinski definition) is 4. The Kier molecular flexibility index (Phi) is 6.38. The van der Waals surface area contributed by atoms with Crippen LogP contribution in [0.15, 0.2) is 29.2 Å². The third-order valence-electron chi connectivity index (χ3n) is 2.27. The highest BCUT2D eigenvalue weighted by atomic mass is 32.2. The van der Waals surface area contributed by atoms with Gasteiger partial charge in [-0.15, -0.1) is 11.8 Å². The van der Waals surface area contributed by atoms with Crippen LogP contribution in [0.1, 0.15) is 17.3 Å². The van der Waals surface area contributed by atoms with E-state index in [0.717, 1.165) is 4.90 Å². The summed E-state index contributed by atoms with van der Waals surface area (Å²) in [5.41, 5.74) is 0.221. The summed E-state index contributed by atoms with van der Waals surface area (Å²) in [6, 6.07) is 6.48. The van der Waals surface area contributed by atoms with Crippen LogP contribution in [-0.4, -0.2) is 42.5 Å². The van der Waals surface area contributed by atoms with Crippen molar-refractivity contribution in [2.24, 2.45) is 0 Å². The topological polar surface area (TPSA) is 75.6 Å². The number of methoxy groups -OCH3 is 1. The Morgan fingerprint density at radius 1 is 1.47 bits per heavy atom. The molecule has 1 unspecified atom stereocenters. The maximum Gasteiger partial charge on any atom is 0.335 e. The average molecular weight is 283 g/mol. The molecular weight excluding hydrogens is 266 g/mol. The zero-order chi connectivity index (χ0) is 14.3. The van der Waals surface area contributed by atoms with Crippen molar-refractivity contribution in [1.82, 2.24) is 5.32 Å². The van der Waals surface area contributed by atoms with Crippen molar-refractivity contribution < 1.29 is 19.4 Å². The van der Waals surface area contributed by atoms with Crippen molar-refractivity contribution >= 4 is 23.6 Å². The van der Waals surface area contributed by atoms with E-state index in [9.17, 15) is 9.59 Å². The summed E-state index contributed by atoms with van der Waals surface area (Å²) in [5, 5.41) is 11.6. The van der Waals surface area contributed by atoms with Crippen molar-refractivity contribution in [3.05, 3.63) is 29.8 Å². The van der Waals surface area contributed by atoms with Crippen LogP contribution in [-0.2, 0) is 9.53 Å². The number of aromatic carboxylic acids is 1. The van der Waals surface area contributed by atoms with E-state index in [1.807, 2.05) is 6.92 Å². The molecule has 1 amide bonds. The lowest BCUT2D eigenvalue weighted by atomic mass is 10.2. The summed E-state index contributed by atoms with van der Waals surface area (Å²) in [6.45, 7) is 2.32. The highest BCUT2D eigenvalue weighted by Gasteiger charge is 2.08. The average Bonchev–Trinajstić information content (AvgIpc) is 2.37. The van der Waals surface area contributed by atoms with Gasteiger partial charge in [0.05, 0.1) is 17.9 Å². The number of carboxylic acid groups (broad SMARTS) is 1. The van der Waals surface area contributed by atoms with E-state index in [1.165, 1.54) is 17.8 Å². The van der Waals surface area contributed by atoms with E-state index in [1.54, 1.807) is 25.3 Å². The first-order valence-electron chi connectivity index (χ1n) is 5.77. The number of amides is 1. The molecule has 0 saturated carbocycles. The molecule has 0 aliphatic carbocycles. The Labute approximate surface area is 116 Å². The fourth-order valence-corrected chi connectivity index (χ4v) is 2.24. The Morgan fingerprint density at radius 2 is 2.21 bits per heavy atom. The molecule has 1 aromatic carbocycles. The Hall–Kier alpha value is -1.53. The minimum atomic E-state index is -0.972. The fourth-order valence-electron chi connectivity index (χ4n) is 1.48. The molecule has 6 heteroatoms. The number of carbonyl (C=O) groups is 2. The van der Waals surface area contributed by atoms with Crippen LogP contribution < -0.4 is 5.32 Å². The fraction of sp³-hybridized carbons (Fsp3) is 0.385. The molecule has 0 fully saturated rings. The molecule has 1 rings (SSSR count). The molecule has 0 aromatic heterocycles. The number of thioether (sulfide) groups is 1. The molecule has 2 N–H and O–H groups in total. The minimum Gasteiger partial charge on any atom is -0.478 e. The Morgan fingerprint density at radius 3 is 2.84 bits per heavy atom. The summed E-state index contributed by atoms with van der Waals surface area (Å²) in [4.78, 5) is 23.2. The van der Waals surface area contributed by atoms with Crippen molar-refractivity contribution in [3.8, 4) is 0 Å². The summed E-state index contributed by atoms with van der Waals surface area (Å²) < 4.78 is 4.92. The quantitative estimate of drug-likeness (QED) is 0.744. The van der Waals surface area contributed by atoms with Gasteiger partial charge in [-0.1, -0.05) is 6.07 Å². The maximum absolute atomic E-state index is 11.6. The predicted molar refractivity (Wildman–Crippen MR) is 73.6 cm³/mol. The third kappa shape index (κ3) is 5.76. The summed E-state index contributed by atoms with van der Waals surface area (Å²) >= 11 is 1.30. The molecule has 1 atom stereocenters. The zero-order valence-corrected chi connectivity index (χ0v) is 11.7. The van der Waals surface area contributed by atoms with E-state index in [4.69, 9.17) is 9.84 Å². The van der Waals surface area contributed by atoms with Crippen LogP contribution in [0.5, 0.6) is 0 Å². The van der Waals surface area contributed by atoms with Gasteiger partial charge < -0.3 is 15.2 Å². The van der Waals surface area contributed by atoms with Gasteiger partial charge in [0.2, 0.25) is 5.91 Å². The van der Waals surface area contributed by atoms with Crippen molar-refractivity contribution in [2.75, 3.05) is 19.5 Å². The number of rotatable bonds is 7. The number of ether oxygens (including phenoxy) is 1. The molecule has 0 bridgehead atoms. The molecule has 0 saturated heterocycles. The van der Waals surface area contributed by atoms with Crippen LogP contribution in [0.25, 0.3) is 0 Å². The van der Waals surface area contributed by atoms with Gasteiger partial charge in [-0.3, -0.25) is 4.79 Å². The van der Waals surface area contributed by atoms with Gasteiger partial charge in [0, 0.05) is 18.0 Å². The van der Waals surface area contributed by atoms with Gasteiger partial charge in [0.25, 0.3) is 0 Å². The standard InChI is InChI=1S/C13H17NO4S/c1-9(7-18-2)14-12(15)8-19-11-5-3-4-10(6-11)13(16)17/h3-6,9H,7-8H2,1-2H3,(H,14,15)(H,16,17). The van der Waals surface area contributed by atoms with Crippen LogP contribution in [0, 0.1) is 0 Å². The van der Waals surface area contributed by atoms with E-state index in [2.05, 4.69) is 5.32 Å². The Balaban J connectivity index is 2.46. The summed E-state index contributed by atoms with van der Waals surface area (Å²) in [7, 11) is 1.58. The molecular formula is C13H17NO4S. The second kappa shape index (κ2) is 7.81. The van der Waals surface area contributed by atoms with E-state index < -0.39 is 5.97 Å². The molecule has 0 aliphatic heterocycles. The third-order valence-corrected chi connectivity index (χ3v) is 3.27. The molecule has 1 aromatic rings. The molecule has 0 radical (unpaired) electrons. The van der Waals surface area contributed by atoms with Crippen molar-refractivity contribution in [1.29, 1.82) is 0 Å². The number of carbonyl (C=O) groups excluding carboxylic acids is 1. The first-order chi connectivity index (χ1) is 9.02. The molecule has 0 aliphatic rings. The SMILES string of the molecule is COCC(C)NC(=O)CSc1cccc(C(=O)O)c1. The van der Waals surface area contributed by atoms with E-state index >= 15 is 0 Å². The highest BCUT2D eigenvalue weighted by Crippen LogP contribution is 2.18. The minimum absolute atomic E-state index is 0.0385. The summed E-state index contributed by atoms with van der Waals surface area (Å²) in [6.07, 6.45) is 0. The van der Waals surface area contributed by atoms with E-state index in [0.29, 0.717) is 6.61 Å². The second-order valence-corrected chi connectivity index (χ2v) is 5.09. The Bertz CT molecular complexity index is 450. The lowest BCUT2D eigenvalue weighted by Gasteiger charge is -2.12. The number of nitrogens with one attached hydrogen (secondary N) is 1. The molecule has 0 spiro atoms. The smallest absolute Gasteiger partial charge is 0.335 e. The predicted octanol–water partition coefficient (Wildman–Crippen LogP) is 1.63. The largest absolute Gasteiger partial charge is 0.478 e. The van der Waals surface area contributed by atoms with Gasteiger partial charge in [-0.25, -0.2) is 4.79 Å². The van der Waals surface area contributed by atoms with E-state index in [-0.39, 0.29) is 23.3 Å². The first kappa shape index (κ1) is 15.5. The number of carboxylic acids is 1. The van der Waals surface area contributed by atoms with Gasteiger partial charge in [0.15, 0.2) is 0 Å². The summed E-state index contributed by atoms with van der Waals surface area (Å²) in [5.74, 6) is -0.826. The number of hydrogen-bond donors (Lipinski definition) is 2. The molecule has 19 heavy (non-hydrogen) atoms. The lowest BCUT2D eigenvalue weighted by molar-refractivity contribution is -0.119. The van der Waals surface area contributed by atoms with Crippen LogP contribution in [0.4, 0.5) is 0 Å². The lowest BCUT2D eigenvalue weighted by Crippen LogP contribution is -2.36. The van der Waals surface area contributed by atoms with Crippen molar-refractivity contribution in [2.45, 2.75) is 17.9 Å². The van der Waals surface area contributed by atoms with Crippen LogP contribution in [0.2, 0.25) is 0 Å². The molecule has 5 nitrogen and oxygen atoms in total. The van der Waals surface area contributed by atoms with Gasteiger partial charge in [0.1, 0.15) is 0 Å². The van der Waals surface area contributed by atoms with Crippen molar-refractivity contribution in [3.63, 3.8) is 0 Å². The van der Waals surface area contributed by atoms with Crippen LogP contribution in [0.3, 0.4) is 0 Å². The monoisotopic (exact) mass is 283 g/mol. The maximum atomic E-state index is 11.6. The second-order valence-electron chi connectivity index (χ2n) is 4.05. The van der Waals surface area contributed by atoms with Crippen LogP contribution >= 0.6 is 11.8 Å². The van der Waals surface area contributed by atoms with Gasteiger partial charge in [-0.2, -0.15) is 0 Å². The normalized spacial score (nSPS) is 11.9. The first-order valence-corrected chi connectivity index (χ1v) is 6.76. The molecule has 0 heterocycles. The highest BCUT2D eigenvalue weighted by molar-refractivity contribution is 8.00. The molecule has 104 valence electrons. The van der Waals surface area contributed by atoms with Gasteiger partial charge >= 0.3 is 5.97 Å². The van der Waals surface area contributed by atoms with Gasteiger partial charge in [-0.05, 0) is 25.1 Å². The number of benzene rings is 1.